The molecular weight excluding hydrogens is 312 g/mol. The standard InChI is InChI=1S/C17H20N2O5/c1-2-5-13(20)11(9-15(21)22)16(17(23)24)19-14-8-10-6-3-4-7-12(10)18-14/h3-4,6-8,11,16,18-19H,2,5,9H2,1H3,(H,21,22)(H,23,24)/t11?,16-/m0/s1. The number of nitrogens with one attached hydrogen (secondary N) is 2. The van der Waals surface area contributed by atoms with Crippen LogP contribution >= 0.6 is 0 Å². The lowest BCUT2D eigenvalue weighted by Gasteiger charge is -2.22. The number of hydrogen-bond donors (Lipinski definition) is 4. The summed E-state index contributed by atoms with van der Waals surface area (Å²) in [6.45, 7) is 1.79. The SMILES string of the molecule is CCCC(=O)C(CC(=O)O)[C@H](Nc1cc2ccccc2[nH]1)C(=O)O. The molecule has 0 aliphatic heterocycles. The zero-order chi connectivity index (χ0) is 17.7. The van der Waals surface area contributed by atoms with Crippen LogP contribution in [0.5, 0.6) is 0 Å². The molecule has 7 heteroatoms. The number of carboxylic acid groups (broad SMARTS) is 2. The molecule has 1 unspecified atom stereocenters. The molecule has 0 spiro atoms. The molecule has 1 heterocycles. The minimum atomic E-state index is -1.31. The van der Waals surface area contributed by atoms with Crippen molar-refractivity contribution in [3.63, 3.8) is 0 Å². The molecule has 0 amide bonds. The Morgan fingerprint density at radius 3 is 2.50 bits per heavy atom. The van der Waals surface area contributed by atoms with Crippen molar-refractivity contribution < 1.29 is 24.6 Å². The number of ketones is 1. The third-order valence-corrected chi connectivity index (χ3v) is 3.81. The molecule has 24 heavy (non-hydrogen) atoms. The monoisotopic (exact) mass is 332 g/mol. The Morgan fingerprint density at radius 2 is 1.92 bits per heavy atom. The van der Waals surface area contributed by atoms with Gasteiger partial charge in [-0.2, -0.15) is 0 Å². The van der Waals surface area contributed by atoms with Crippen molar-refractivity contribution in [2.24, 2.45) is 5.92 Å². The molecule has 0 bridgehead atoms. The number of hydrogen-bond acceptors (Lipinski definition) is 4. The van der Waals surface area contributed by atoms with E-state index >= 15 is 0 Å². The summed E-state index contributed by atoms with van der Waals surface area (Å²) in [6, 6.07) is 7.82. The van der Waals surface area contributed by atoms with E-state index in [1.165, 1.54) is 0 Å². The number of rotatable bonds is 9. The fraction of sp³-hybridized carbons (Fsp3) is 0.353. The maximum absolute atomic E-state index is 12.2. The molecule has 0 radical (unpaired) electrons. The third-order valence-electron chi connectivity index (χ3n) is 3.81. The number of carbonyl (C=O) groups excluding carboxylic acids is 1. The lowest BCUT2D eigenvalue weighted by molar-refractivity contribution is -0.145. The summed E-state index contributed by atoms with van der Waals surface area (Å²) in [5, 5.41) is 22.2. The molecule has 1 aromatic heterocycles. The van der Waals surface area contributed by atoms with Crippen LogP contribution in [0.3, 0.4) is 0 Å². The van der Waals surface area contributed by atoms with Crippen LogP contribution in [-0.4, -0.2) is 39.0 Å². The summed E-state index contributed by atoms with van der Waals surface area (Å²) in [6.07, 6.45) is 0.160. The van der Waals surface area contributed by atoms with Crippen LogP contribution in [0.4, 0.5) is 5.82 Å². The summed E-state index contributed by atoms with van der Waals surface area (Å²) < 4.78 is 0. The lowest BCUT2D eigenvalue weighted by atomic mass is 9.89. The number of H-pyrrole nitrogens is 1. The molecule has 7 nitrogen and oxygen atoms in total. The largest absolute Gasteiger partial charge is 0.481 e. The van der Waals surface area contributed by atoms with Crippen molar-refractivity contribution in [3.05, 3.63) is 30.3 Å². The third kappa shape index (κ3) is 4.13. The number of Topliss-reactive ketones (excluding diaryl/α,β-unsaturated/α-hetero) is 1. The minimum absolute atomic E-state index is 0.149. The van der Waals surface area contributed by atoms with Gasteiger partial charge in [-0.25, -0.2) is 4.79 Å². The van der Waals surface area contributed by atoms with Crippen molar-refractivity contribution in [2.45, 2.75) is 32.2 Å². The second-order valence-corrected chi connectivity index (χ2v) is 5.65. The highest BCUT2D eigenvalue weighted by molar-refractivity contribution is 5.93. The van der Waals surface area contributed by atoms with Gasteiger partial charge in [-0.3, -0.25) is 9.59 Å². The molecule has 1 aromatic carbocycles. The number of aromatic amines is 1. The first-order valence-corrected chi connectivity index (χ1v) is 7.74. The highest BCUT2D eigenvalue weighted by atomic mass is 16.4. The molecule has 0 aliphatic rings. The lowest BCUT2D eigenvalue weighted by Crippen LogP contribution is -2.42. The maximum Gasteiger partial charge on any atom is 0.326 e. The van der Waals surface area contributed by atoms with Crippen LogP contribution in [0.1, 0.15) is 26.2 Å². The van der Waals surface area contributed by atoms with Gasteiger partial charge in [-0.1, -0.05) is 25.1 Å². The number of aromatic nitrogens is 1. The molecule has 128 valence electrons. The van der Waals surface area contributed by atoms with Crippen molar-refractivity contribution in [1.29, 1.82) is 0 Å². The first-order valence-electron chi connectivity index (χ1n) is 7.74. The van der Waals surface area contributed by atoms with E-state index in [1.807, 2.05) is 24.3 Å². The van der Waals surface area contributed by atoms with Crippen molar-refractivity contribution in [3.8, 4) is 0 Å². The van der Waals surface area contributed by atoms with Crippen molar-refractivity contribution in [1.82, 2.24) is 4.98 Å². The van der Waals surface area contributed by atoms with Crippen molar-refractivity contribution in [2.75, 3.05) is 5.32 Å². The zero-order valence-corrected chi connectivity index (χ0v) is 13.3. The summed E-state index contributed by atoms with van der Waals surface area (Å²) in [4.78, 5) is 37.9. The molecule has 4 N–H and O–H groups in total. The Hall–Kier alpha value is -2.83. The van der Waals surface area contributed by atoms with Crippen LogP contribution in [0.15, 0.2) is 30.3 Å². The normalized spacial score (nSPS) is 13.4. The van der Waals surface area contributed by atoms with Crippen LogP contribution in [-0.2, 0) is 14.4 Å². The maximum atomic E-state index is 12.2. The zero-order valence-electron chi connectivity index (χ0n) is 13.3. The van der Waals surface area contributed by atoms with E-state index in [-0.39, 0.29) is 12.2 Å². The van der Waals surface area contributed by atoms with E-state index in [0.717, 1.165) is 10.9 Å². The first-order chi connectivity index (χ1) is 11.4. The molecule has 0 saturated heterocycles. The molecule has 2 atom stereocenters. The number of para-hydroxylation sites is 1. The Bertz CT molecular complexity index is 719. The van der Waals surface area contributed by atoms with E-state index < -0.39 is 30.3 Å². The molecule has 0 aliphatic carbocycles. The number of aliphatic carboxylic acids is 2. The Morgan fingerprint density at radius 1 is 1.21 bits per heavy atom. The van der Waals surface area contributed by atoms with Gasteiger partial charge in [-0.05, 0) is 18.6 Å². The Kier molecular flexibility index (Phi) is 5.57. The smallest absolute Gasteiger partial charge is 0.326 e. The van der Waals surface area contributed by atoms with Gasteiger partial charge in [0.15, 0.2) is 0 Å². The number of anilines is 1. The Labute approximate surface area is 138 Å². The van der Waals surface area contributed by atoms with Crippen LogP contribution in [0.2, 0.25) is 0 Å². The van der Waals surface area contributed by atoms with E-state index in [1.54, 1.807) is 13.0 Å². The van der Waals surface area contributed by atoms with Gasteiger partial charge >= 0.3 is 11.9 Å². The second-order valence-electron chi connectivity index (χ2n) is 5.65. The molecular formula is C17H20N2O5. The van der Waals surface area contributed by atoms with Gasteiger partial charge in [0.05, 0.1) is 12.3 Å². The molecule has 0 saturated carbocycles. The summed E-state index contributed by atoms with van der Waals surface area (Å²) >= 11 is 0. The average Bonchev–Trinajstić information content (AvgIpc) is 2.93. The average molecular weight is 332 g/mol. The summed E-state index contributed by atoms with van der Waals surface area (Å²) in [5.41, 5.74) is 0.818. The van der Waals surface area contributed by atoms with Crippen LogP contribution < -0.4 is 5.32 Å². The topological polar surface area (TPSA) is 119 Å². The van der Waals surface area contributed by atoms with Crippen LogP contribution in [0, 0.1) is 5.92 Å². The number of carboxylic acids is 2. The van der Waals surface area contributed by atoms with Gasteiger partial charge in [0, 0.05) is 17.3 Å². The molecule has 0 fully saturated rings. The molecule has 2 rings (SSSR count). The second kappa shape index (κ2) is 7.63. The predicted octanol–water partition coefficient (Wildman–Crippen LogP) is 2.49. The van der Waals surface area contributed by atoms with Crippen molar-refractivity contribution >= 4 is 34.4 Å². The number of carbonyl (C=O) groups is 3. The van der Waals surface area contributed by atoms with E-state index in [9.17, 15) is 19.5 Å². The first kappa shape index (κ1) is 17.5. The van der Waals surface area contributed by atoms with E-state index in [4.69, 9.17) is 5.11 Å². The van der Waals surface area contributed by atoms with Gasteiger partial charge in [-0.15, -0.1) is 0 Å². The predicted molar refractivity (Wildman–Crippen MR) is 89.0 cm³/mol. The highest BCUT2D eigenvalue weighted by Crippen LogP contribution is 2.22. The van der Waals surface area contributed by atoms with Gasteiger partial charge < -0.3 is 20.5 Å². The summed E-state index contributed by atoms with van der Waals surface area (Å²) in [5.74, 6) is -3.52. The van der Waals surface area contributed by atoms with Gasteiger partial charge in [0.2, 0.25) is 0 Å². The number of fused-ring (bicyclic) bond motifs is 1. The van der Waals surface area contributed by atoms with Gasteiger partial charge in [0.1, 0.15) is 17.6 Å². The molecule has 2 aromatic rings. The fourth-order valence-corrected chi connectivity index (χ4v) is 2.69. The minimum Gasteiger partial charge on any atom is -0.481 e. The van der Waals surface area contributed by atoms with E-state index in [2.05, 4.69) is 10.3 Å². The Balaban J connectivity index is 2.29. The van der Waals surface area contributed by atoms with Gasteiger partial charge in [0.25, 0.3) is 0 Å². The quantitative estimate of drug-likeness (QED) is 0.560. The highest BCUT2D eigenvalue weighted by Gasteiger charge is 2.35. The fourth-order valence-electron chi connectivity index (χ4n) is 2.69. The van der Waals surface area contributed by atoms with Crippen LogP contribution in [0.25, 0.3) is 10.9 Å². The summed E-state index contributed by atoms with van der Waals surface area (Å²) in [7, 11) is 0. The number of benzene rings is 1. The van der Waals surface area contributed by atoms with E-state index in [0.29, 0.717) is 12.2 Å².